The second-order valence-corrected chi connectivity index (χ2v) is 9.86. The molecule has 0 radical (unpaired) electrons. The zero-order valence-electron chi connectivity index (χ0n) is 20.2. The molecular weight excluding hydrogens is 472 g/mol. The number of hydrogen-bond acceptors (Lipinski definition) is 7. The highest BCUT2D eigenvalue weighted by atomic mass is 32.1. The van der Waals surface area contributed by atoms with Crippen molar-refractivity contribution in [3.05, 3.63) is 77.6 Å². The van der Waals surface area contributed by atoms with E-state index >= 15 is 0 Å². The molecular formula is C27H28N6O2S. The third-order valence-corrected chi connectivity index (χ3v) is 7.64. The Bertz CT molecular complexity index is 1360. The molecule has 2 aromatic carbocycles. The Morgan fingerprint density at radius 3 is 2.50 bits per heavy atom. The van der Waals surface area contributed by atoms with Crippen molar-refractivity contribution in [2.45, 2.75) is 37.9 Å². The SMILES string of the molecule is CN[C@@H](C)C(=O)N[C@H](C(=O)N1CCC[C@H]1c1nc2c(-c3ccccc3)ncnc2s1)c1ccccc1. The summed E-state index contributed by atoms with van der Waals surface area (Å²) in [5, 5.41) is 6.74. The number of benzene rings is 2. The Morgan fingerprint density at radius 2 is 1.78 bits per heavy atom. The van der Waals surface area contributed by atoms with Gasteiger partial charge in [-0.15, -0.1) is 0 Å². The Kier molecular flexibility index (Phi) is 7.02. The molecule has 36 heavy (non-hydrogen) atoms. The van der Waals surface area contributed by atoms with Crippen LogP contribution in [0.1, 0.15) is 42.4 Å². The highest BCUT2D eigenvalue weighted by Crippen LogP contribution is 2.39. The van der Waals surface area contributed by atoms with Crippen LogP contribution in [-0.4, -0.2) is 51.3 Å². The summed E-state index contributed by atoms with van der Waals surface area (Å²) in [5.74, 6) is -0.354. The average Bonchev–Trinajstić information content (AvgIpc) is 3.59. The topological polar surface area (TPSA) is 100 Å². The number of thiazole rings is 1. The summed E-state index contributed by atoms with van der Waals surface area (Å²) in [4.78, 5) is 43.2. The van der Waals surface area contributed by atoms with Crippen molar-refractivity contribution < 1.29 is 9.59 Å². The molecule has 1 fully saturated rings. The number of nitrogens with one attached hydrogen (secondary N) is 2. The number of amides is 2. The van der Waals surface area contributed by atoms with E-state index in [-0.39, 0.29) is 17.9 Å². The maximum atomic E-state index is 13.9. The molecule has 3 atom stereocenters. The van der Waals surface area contributed by atoms with Crippen LogP contribution in [0, 0.1) is 0 Å². The number of carbonyl (C=O) groups is 2. The third kappa shape index (κ3) is 4.72. The molecule has 3 heterocycles. The molecule has 1 saturated heterocycles. The molecule has 1 aliphatic heterocycles. The molecule has 0 unspecified atom stereocenters. The maximum Gasteiger partial charge on any atom is 0.250 e. The maximum absolute atomic E-state index is 13.9. The summed E-state index contributed by atoms with van der Waals surface area (Å²) < 4.78 is 0. The van der Waals surface area contributed by atoms with Gasteiger partial charge in [0, 0.05) is 12.1 Å². The van der Waals surface area contributed by atoms with Gasteiger partial charge in [0.05, 0.1) is 12.1 Å². The van der Waals surface area contributed by atoms with Crippen LogP contribution in [0.5, 0.6) is 0 Å². The van der Waals surface area contributed by atoms with E-state index < -0.39 is 12.1 Å². The predicted octanol–water partition coefficient (Wildman–Crippen LogP) is 3.88. The number of hydrogen-bond donors (Lipinski definition) is 2. The summed E-state index contributed by atoms with van der Waals surface area (Å²) in [6, 6.07) is 18.0. The number of likely N-dealkylation sites (N-methyl/N-ethyl adjacent to an activating group) is 1. The summed E-state index contributed by atoms with van der Waals surface area (Å²) in [7, 11) is 1.72. The van der Waals surface area contributed by atoms with Crippen LogP contribution >= 0.6 is 11.3 Å². The van der Waals surface area contributed by atoms with Crippen LogP contribution in [0.25, 0.3) is 21.6 Å². The molecule has 2 aromatic heterocycles. The van der Waals surface area contributed by atoms with Crippen molar-refractivity contribution in [1.82, 2.24) is 30.5 Å². The number of nitrogens with zero attached hydrogens (tertiary/aromatic N) is 4. The molecule has 0 bridgehead atoms. The first kappa shape index (κ1) is 24.0. The van der Waals surface area contributed by atoms with E-state index in [0.717, 1.165) is 45.0 Å². The molecule has 2 N–H and O–H groups in total. The van der Waals surface area contributed by atoms with Gasteiger partial charge in [0.15, 0.2) is 0 Å². The van der Waals surface area contributed by atoms with E-state index in [2.05, 4.69) is 20.6 Å². The monoisotopic (exact) mass is 500 g/mol. The van der Waals surface area contributed by atoms with Gasteiger partial charge in [-0.1, -0.05) is 72.0 Å². The smallest absolute Gasteiger partial charge is 0.250 e. The van der Waals surface area contributed by atoms with Crippen LogP contribution in [-0.2, 0) is 9.59 Å². The first-order chi connectivity index (χ1) is 17.6. The highest BCUT2D eigenvalue weighted by molar-refractivity contribution is 7.18. The van der Waals surface area contributed by atoms with Crippen LogP contribution < -0.4 is 10.6 Å². The molecule has 8 nitrogen and oxygen atoms in total. The zero-order chi connectivity index (χ0) is 25.1. The van der Waals surface area contributed by atoms with Gasteiger partial charge >= 0.3 is 0 Å². The van der Waals surface area contributed by atoms with Gasteiger partial charge < -0.3 is 15.5 Å². The molecule has 0 saturated carbocycles. The van der Waals surface area contributed by atoms with Crippen molar-refractivity contribution in [2.24, 2.45) is 0 Å². The molecule has 0 aliphatic carbocycles. The predicted molar refractivity (Wildman–Crippen MR) is 140 cm³/mol. The fraction of sp³-hybridized carbons (Fsp3) is 0.296. The lowest BCUT2D eigenvalue weighted by Crippen LogP contribution is -2.47. The standard InChI is InChI=1S/C27H28N6O2S/c1-17(28-2)24(34)31-22(19-12-7-4-8-13-19)27(35)33-15-9-14-20(33)25-32-23-21(18-10-5-3-6-11-18)29-16-30-26(23)36-25/h3-8,10-13,16-17,20,22,28H,9,14-15H2,1-2H3,(H,31,34)/t17-,20-,22-/m0/s1. The summed E-state index contributed by atoms with van der Waals surface area (Å²) in [5.41, 5.74) is 3.27. The lowest BCUT2D eigenvalue weighted by molar-refractivity contribution is -0.137. The number of aromatic nitrogens is 3. The molecule has 1 aliphatic rings. The van der Waals surface area contributed by atoms with Gasteiger partial charge in [0.25, 0.3) is 0 Å². The summed E-state index contributed by atoms with van der Waals surface area (Å²) in [6.45, 7) is 2.38. The van der Waals surface area contributed by atoms with Crippen LogP contribution in [0.4, 0.5) is 0 Å². The molecule has 184 valence electrons. The zero-order valence-corrected chi connectivity index (χ0v) is 21.0. The second kappa shape index (κ2) is 10.5. The molecule has 0 spiro atoms. The van der Waals surface area contributed by atoms with Gasteiger partial charge in [-0.25, -0.2) is 15.0 Å². The van der Waals surface area contributed by atoms with Crippen molar-refractivity contribution in [1.29, 1.82) is 0 Å². The lowest BCUT2D eigenvalue weighted by atomic mass is 10.0. The lowest BCUT2D eigenvalue weighted by Gasteiger charge is -2.29. The van der Waals surface area contributed by atoms with Gasteiger partial charge in [-0.05, 0) is 32.4 Å². The number of carbonyl (C=O) groups excluding carboxylic acids is 2. The molecule has 5 rings (SSSR count). The fourth-order valence-electron chi connectivity index (χ4n) is 4.50. The number of fused-ring (bicyclic) bond motifs is 1. The molecule has 9 heteroatoms. The van der Waals surface area contributed by atoms with Crippen LogP contribution in [0.3, 0.4) is 0 Å². The third-order valence-electron chi connectivity index (χ3n) is 6.57. The summed E-state index contributed by atoms with van der Waals surface area (Å²) >= 11 is 1.50. The minimum atomic E-state index is -0.774. The van der Waals surface area contributed by atoms with Crippen LogP contribution in [0.2, 0.25) is 0 Å². The summed E-state index contributed by atoms with van der Waals surface area (Å²) in [6.07, 6.45) is 3.24. The van der Waals surface area contributed by atoms with E-state index in [4.69, 9.17) is 4.98 Å². The minimum absolute atomic E-state index is 0.131. The van der Waals surface area contributed by atoms with Gasteiger partial charge in [0.2, 0.25) is 11.8 Å². The van der Waals surface area contributed by atoms with Crippen molar-refractivity contribution in [3.63, 3.8) is 0 Å². The minimum Gasteiger partial charge on any atom is -0.339 e. The van der Waals surface area contributed by atoms with E-state index in [1.165, 1.54) is 11.3 Å². The second-order valence-electron chi connectivity index (χ2n) is 8.85. The molecule has 2 amide bonds. The van der Waals surface area contributed by atoms with Crippen molar-refractivity contribution >= 4 is 33.5 Å². The average molecular weight is 501 g/mol. The van der Waals surface area contributed by atoms with E-state index in [9.17, 15) is 9.59 Å². The normalized spacial score (nSPS) is 17.2. The Labute approximate surface area is 213 Å². The van der Waals surface area contributed by atoms with E-state index in [1.54, 1.807) is 20.3 Å². The fourth-order valence-corrected chi connectivity index (χ4v) is 5.56. The van der Waals surface area contributed by atoms with Gasteiger partial charge in [-0.2, -0.15) is 0 Å². The largest absolute Gasteiger partial charge is 0.339 e. The first-order valence-electron chi connectivity index (χ1n) is 12.1. The van der Waals surface area contributed by atoms with Crippen molar-refractivity contribution in [3.8, 4) is 11.3 Å². The first-order valence-corrected chi connectivity index (χ1v) is 12.9. The van der Waals surface area contributed by atoms with Gasteiger partial charge in [-0.3, -0.25) is 9.59 Å². The molecule has 4 aromatic rings. The highest BCUT2D eigenvalue weighted by Gasteiger charge is 2.37. The number of rotatable bonds is 7. The quantitative estimate of drug-likeness (QED) is 0.400. The Hall–Kier alpha value is -3.69. The number of likely N-dealkylation sites (tertiary alicyclic amines) is 1. The van der Waals surface area contributed by atoms with Crippen LogP contribution in [0.15, 0.2) is 67.0 Å². The Balaban J connectivity index is 1.47. The van der Waals surface area contributed by atoms with E-state index in [0.29, 0.717) is 6.54 Å². The van der Waals surface area contributed by atoms with Gasteiger partial charge in [0.1, 0.15) is 33.4 Å². The Morgan fingerprint density at radius 1 is 1.06 bits per heavy atom. The van der Waals surface area contributed by atoms with E-state index in [1.807, 2.05) is 65.6 Å². The van der Waals surface area contributed by atoms with Crippen molar-refractivity contribution in [2.75, 3.05) is 13.6 Å².